The van der Waals surface area contributed by atoms with Crippen LogP contribution in [-0.2, 0) is 18.2 Å². The van der Waals surface area contributed by atoms with Crippen molar-refractivity contribution in [1.29, 1.82) is 0 Å². The highest BCUT2D eigenvalue weighted by molar-refractivity contribution is 5.79. The molecule has 0 aliphatic heterocycles. The van der Waals surface area contributed by atoms with E-state index in [1.807, 2.05) is 24.1 Å². The molecule has 0 aromatic carbocycles. The number of aryl methyl sites for hydroxylation is 2. The van der Waals surface area contributed by atoms with Crippen LogP contribution in [0.15, 0.2) is 17.4 Å². The average Bonchev–Trinajstić information content (AvgIpc) is 2.80. The molecule has 108 valence electrons. The van der Waals surface area contributed by atoms with E-state index in [4.69, 9.17) is 4.74 Å². The highest BCUT2D eigenvalue weighted by Gasteiger charge is 1.98. The second-order valence-electron chi connectivity index (χ2n) is 4.31. The molecule has 0 bridgehead atoms. The number of guanidine groups is 1. The molecule has 0 spiro atoms. The molecule has 0 unspecified atom stereocenters. The van der Waals surface area contributed by atoms with Crippen LogP contribution >= 0.6 is 0 Å². The topological polar surface area (TPSA) is 63.5 Å². The Kier molecular flexibility index (Phi) is 7.65. The maximum absolute atomic E-state index is 5.00. The van der Waals surface area contributed by atoms with Crippen LogP contribution in [0.3, 0.4) is 0 Å². The van der Waals surface area contributed by atoms with E-state index in [0.29, 0.717) is 6.61 Å². The highest BCUT2D eigenvalue weighted by Crippen LogP contribution is 2.00. The lowest BCUT2D eigenvalue weighted by molar-refractivity contribution is 0.203. The SMILES string of the molecule is CCNC(=NCCCc1cnn(C)c1)NCCOC. The molecule has 19 heavy (non-hydrogen) atoms. The van der Waals surface area contributed by atoms with Gasteiger partial charge >= 0.3 is 0 Å². The standard InChI is InChI=1S/C13H25N5O/c1-4-14-13(16-8-9-19-3)15-7-5-6-12-10-17-18(2)11-12/h10-11H,4-9H2,1-3H3,(H2,14,15,16). The molecule has 0 atom stereocenters. The fourth-order valence-electron chi connectivity index (χ4n) is 1.69. The van der Waals surface area contributed by atoms with Crippen molar-refractivity contribution in [3.63, 3.8) is 0 Å². The summed E-state index contributed by atoms with van der Waals surface area (Å²) in [5.74, 6) is 0.853. The number of ether oxygens (including phenoxy) is 1. The normalized spacial score (nSPS) is 11.6. The second kappa shape index (κ2) is 9.38. The van der Waals surface area contributed by atoms with Crippen LogP contribution in [0, 0.1) is 0 Å². The summed E-state index contributed by atoms with van der Waals surface area (Å²) in [5, 5.41) is 10.6. The smallest absolute Gasteiger partial charge is 0.191 e. The third kappa shape index (κ3) is 6.81. The Morgan fingerprint density at radius 3 is 2.95 bits per heavy atom. The van der Waals surface area contributed by atoms with Crippen molar-refractivity contribution in [2.24, 2.45) is 12.0 Å². The Balaban J connectivity index is 2.25. The maximum Gasteiger partial charge on any atom is 0.191 e. The molecule has 0 aliphatic rings. The zero-order chi connectivity index (χ0) is 13.9. The van der Waals surface area contributed by atoms with E-state index in [1.54, 1.807) is 7.11 Å². The van der Waals surface area contributed by atoms with Gasteiger partial charge in [-0.25, -0.2) is 0 Å². The number of nitrogens with one attached hydrogen (secondary N) is 2. The van der Waals surface area contributed by atoms with Crippen LogP contribution in [0.25, 0.3) is 0 Å². The molecule has 0 saturated carbocycles. The zero-order valence-electron chi connectivity index (χ0n) is 12.1. The maximum atomic E-state index is 5.00. The van der Waals surface area contributed by atoms with Gasteiger partial charge in [-0.2, -0.15) is 5.10 Å². The first-order valence-corrected chi connectivity index (χ1v) is 6.75. The van der Waals surface area contributed by atoms with Crippen molar-refractivity contribution in [3.05, 3.63) is 18.0 Å². The molecule has 1 aromatic heterocycles. The summed E-state index contributed by atoms with van der Waals surface area (Å²) in [6.07, 6.45) is 5.98. The summed E-state index contributed by atoms with van der Waals surface area (Å²) in [6, 6.07) is 0. The van der Waals surface area contributed by atoms with Gasteiger partial charge in [0.1, 0.15) is 0 Å². The quantitative estimate of drug-likeness (QED) is 0.410. The zero-order valence-corrected chi connectivity index (χ0v) is 12.1. The van der Waals surface area contributed by atoms with E-state index in [9.17, 15) is 0 Å². The predicted octanol–water partition coefficient (Wildman–Crippen LogP) is 0.554. The van der Waals surface area contributed by atoms with Crippen LogP contribution < -0.4 is 10.6 Å². The summed E-state index contributed by atoms with van der Waals surface area (Å²) in [7, 11) is 3.63. The van der Waals surface area contributed by atoms with Crippen molar-refractivity contribution < 1.29 is 4.74 Å². The molecule has 1 heterocycles. The van der Waals surface area contributed by atoms with E-state index >= 15 is 0 Å². The Bertz CT molecular complexity index is 375. The molecular weight excluding hydrogens is 242 g/mol. The van der Waals surface area contributed by atoms with Gasteiger partial charge in [-0.05, 0) is 25.3 Å². The summed E-state index contributed by atoms with van der Waals surface area (Å²) in [5.41, 5.74) is 1.26. The van der Waals surface area contributed by atoms with Gasteiger partial charge in [-0.15, -0.1) is 0 Å². The van der Waals surface area contributed by atoms with E-state index in [2.05, 4.69) is 27.6 Å². The molecule has 1 rings (SSSR count). The van der Waals surface area contributed by atoms with Gasteiger partial charge in [0.15, 0.2) is 5.96 Å². The minimum absolute atomic E-state index is 0.681. The van der Waals surface area contributed by atoms with Gasteiger partial charge in [-0.3, -0.25) is 9.67 Å². The van der Waals surface area contributed by atoms with E-state index in [-0.39, 0.29) is 0 Å². The molecular formula is C13H25N5O. The van der Waals surface area contributed by atoms with Crippen LogP contribution in [0.5, 0.6) is 0 Å². The number of hydrogen-bond donors (Lipinski definition) is 2. The third-order valence-electron chi connectivity index (χ3n) is 2.59. The van der Waals surface area contributed by atoms with Crippen molar-refractivity contribution >= 4 is 5.96 Å². The van der Waals surface area contributed by atoms with Crippen molar-refractivity contribution in [2.45, 2.75) is 19.8 Å². The molecule has 6 heteroatoms. The fourth-order valence-corrected chi connectivity index (χ4v) is 1.69. The Morgan fingerprint density at radius 1 is 1.47 bits per heavy atom. The number of rotatable bonds is 8. The largest absolute Gasteiger partial charge is 0.383 e. The monoisotopic (exact) mass is 267 g/mol. The van der Waals surface area contributed by atoms with Gasteiger partial charge in [0, 0.05) is 40.0 Å². The number of aliphatic imine (C=N–C) groups is 1. The minimum atomic E-state index is 0.681. The summed E-state index contributed by atoms with van der Waals surface area (Å²) in [4.78, 5) is 4.52. The van der Waals surface area contributed by atoms with Crippen LogP contribution in [0.1, 0.15) is 18.9 Å². The predicted molar refractivity (Wildman–Crippen MR) is 77.4 cm³/mol. The van der Waals surface area contributed by atoms with Gasteiger partial charge < -0.3 is 15.4 Å². The number of nitrogens with zero attached hydrogens (tertiary/aromatic N) is 3. The first-order valence-electron chi connectivity index (χ1n) is 6.75. The highest BCUT2D eigenvalue weighted by atomic mass is 16.5. The molecule has 0 fully saturated rings. The van der Waals surface area contributed by atoms with Gasteiger partial charge in [0.25, 0.3) is 0 Å². The Morgan fingerprint density at radius 2 is 2.32 bits per heavy atom. The van der Waals surface area contributed by atoms with E-state index in [1.165, 1.54) is 5.56 Å². The molecule has 0 radical (unpaired) electrons. The minimum Gasteiger partial charge on any atom is -0.383 e. The number of methoxy groups -OCH3 is 1. The molecule has 0 saturated heterocycles. The molecule has 0 aliphatic carbocycles. The lowest BCUT2D eigenvalue weighted by atomic mass is 10.2. The van der Waals surface area contributed by atoms with Gasteiger partial charge in [0.2, 0.25) is 0 Å². The lowest BCUT2D eigenvalue weighted by Gasteiger charge is -2.10. The first-order chi connectivity index (χ1) is 9.26. The Hall–Kier alpha value is -1.56. The summed E-state index contributed by atoms with van der Waals surface area (Å²) in [6.45, 7) is 5.17. The van der Waals surface area contributed by atoms with E-state index in [0.717, 1.165) is 38.4 Å². The molecule has 6 nitrogen and oxygen atoms in total. The molecule has 0 amide bonds. The van der Waals surface area contributed by atoms with Crippen molar-refractivity contribution in [3.8, 4) is 0 Å². The Labute approximate surface area is 115 Å². The van der Waals surface area contributed by atoms with E-state index < -0.39 is 0 Å². The summed E-state index contributed by atoms with van der Waals surface area (Å²) >= 11 is 0. The number of aromatic nitrogens is 2. The second-order valence-corrected chi connectivity index (χ2v) is 4.31. The number of hydrogen-bond acceptors (Lipinski definition) is 3. The lowest BCUT2D eigenvalue weighted by Crippen LogP contribution is -2.39. The third-order valence-corrected chi connectivity index (χ3v) is 2.59. The fraction of sp³-hybridized carbons (Fsp3) is 0.692. The van der Waals surface area contributed by atoms with Crippen molar-refractivity contribution in [1.82, 2.24) is 20.4 Å². The average molecular weight is 267 g/mol. The van der Waals surface area contributed by atoms with Gasteiger partial charge in [0.05, 0.1) is 12.8 Å². The molecule has 2 N–H and O–H groups in total. The molecule has 1 aromatic rings. The van der Waals surface area contributed by atoms with Crippen LogP contribution in [0.4, 0.5) is 0 Å². The van der Waals surface area contributed by atoms with Crippen molar-refractivity contribution in [2.75, 3.05) is 33.4 Å². The van der Waals surface area contributed by atoms with Gasteiger partial charge in [-0.1, -0.05) is 0 Å². The first kappa shape index (κ1) is 15.5. The summed E-state index contributed by atoms with van der Waals surface area (Å²) < 4.78 is 6.83. The van der Waals surface area contributed by atoms with Crippen LogP contribution in [-0.4, -0.2) is 49.1 Å². The van der Waals surface area contributed by atoms with Crippen LogP contribution in [0.2, 0.25) is 0 Å².